The van der Waals surface area contributed by atoms with Crippen molar-refractivity contribution in [3.05, 3.63) is 29.3 Å². The van der Waals surface area contributed by atoms with Crippen molar-refractivity contribution in [2.75, 3.05) is 13.1 Å². The van der Waals surface area contributed by atoms with Crippen LogP contribution in [0, 0.1) is 13.8 Å². The third-order valence-corrected chi connectivity index (χ3v) is 1.81. The molecule has 16 heavy (non-hydrogen) atoms. The lowest BCUT2D eigenvalue weighted by Crippen LogP contribution is -2.21. The van der Waals surface area contributed by atoms with Crippen LogP contribution in [0.4, 0.5) is 4.79 Å². The molecule has 1 aromatic carbocycles. The monoisotopic (exact) mass is 228 g/mol. The van der Waals surface area contributed by atoms with Gasteiger partial charge in [0.05, 0.1) is 14.8 Å². The molecule has 4 nitrogen and oxygen atoms in total. The van der Waals surface area contributed by atoms with E-state index < -0.39 is 31.0 Å². The van der Waals surface area contributed by atoms with Crippen LogP contribution in [0.3, 0.4) is 0 Å². The first-order valence-corrected chi connectivity index (χ1v) is 4.66. The molecule has 0 aromatic heterocycles. The molecular weight excluding hydrogens is 206 g/mol. The first kappa shape index (κ1) is 5.08. The molecule has 1 aliphatic heterocycles. The van der Waals surface area contributed by atoms with Crippen LogP contribution in [0.2, 0.25) is 1.41 Å². The fourth-order valence-electron chi connectivity index (χ4n) is 1.23. The molecule has 1 saturated heterocycles. The molecular formula is C12H15NO3. The smallest absolute Gasteiger partial charge is 0.407 e. The average molecular weight is 228 g/mol. The van der Waals surface area contributed by atoms with Gasteiger partial charge in [0.1, 0.15) is 12.3 Å². The maximum Gasteiger partial charge on any atom is 0.407 e. The van der Waals surface area contributed by atoms with Crippen molar-refractivity contribution in [1.82, 2.24) is 5.31 Å². The number of nitrogens with one attached hydrogen (secondary N) is 1. The molecule has 1 unspecified atom stereocenters. The molecule has 1 amide bonds. The van der Waals surface area contributed by atoms with Crippen molar-refractivity contribution in [2.24, 2.45) is 0 Å². The Morgan fingerprint density at radius 1 is 1.69 bits per heavy atom. The van der Waals surface area contributed by atoms with Gasteiger partial charge in [-0.3, -0.25) is 0 Å². The largest absolute Gasteiger partial charge is 0.490 e. The number of alkyl carbamates (subject to hydrolysis) is 1. The SMILES string of the molecule is [2H]c1c(C)c([2H])c(OC([2H])([2H])C2([2H])CN([2H])C(=O)O2)c([2H])c1C. The molecule has 0 bridgehead atoms. The maximum atomic E-state index is 11.3. The van der Waals surface area contributed by atoms with Crippen LogP contribution in [-0.4, -0.2) is 25.3 Å². The van der Waals surface area contributed by atoms with E-state index in [0.29, 0.717) is 5.31 Å². The van der Waals surface area contributed by atoms with E-state index in [1.165, 1.54) is 13.8 Å². The van der Waals surface area contributed by atoms with Gasteiger partial charge in [-0.05, 0) is 37.1 Å². The Balaban J connectivity index is 2.45. The minimum absolute atomic E-state index is 0.0156. The summed E-state index contributed by atoms with van der Waals surface area (Å²) in [6.07, 6.45) is -3.69. The third kappa shape index (κ3) is 2.66. The van der Waals surface area contributed by atoms with Crippen molar-refractivity contribution in [1.29, 1.82) is 0 Å². The summed E-state index contributed by atoms with van der Waals surface area (Å²) in [5.74, 6) is -0.438. The summed E-state index contributed by atoms with van der Waals surface area (Å²) in [6, 6.07) is -0.701. The Morgan fingerprint density at radius 3 is 2.94 bits per heavy atom. The van der Waals surface area contributed by atoms with Crippen molar-refractivity contribution in [3.63, 3.8) is 0 Å². The highest BCUT2D eigenvalue weighted by atomic mass is 16.6. The van der Waals surface area contributed by atoms with Crippen LogP contribution in [0.1, 0.15) is 19.4 Å². The Morgan fingerprint density at radius 2 is 2.38 bits per heavy atom. The van der Waals surface area contributed by atoms with Gasteiger partial charge in [-0.15, -0.1) is 0 Å². The predicted octanol–water partition coefficient (Wildman–Crippen LogP) is 1.79. The van der Waals surface area contributed by atoms with Crippen molar-refractivity contribution < 1.29 is 23.9 Å². The topological polar surface area (TPSA) is 47.6 Å². The molecule has 1 fully saturated rings. The average Bonchev–Trinajstić information content (AvgIpc) is 2.74. The summed E-state index contributed by atoms with van der Waals surface area (Å²) in [6.45, 7) is -0.644. The lowest BCUT2D eigenvalue weighted by Gasteiger charge is -2.11. The minimum atomic E-state index is -2.90. The van der Waals surface area contributed by atoms with E-state index in [1.54, 1.807) is 0 Å². The maximum absolute atomic E-state index is 11.3. The fourth-order valence-corrected chi connectivity index (χ4v) is 1.23. The summed E-state index contributed by atoms with van der Waals surface area (Å²) in [4.78, 5) is 11.3. The quantitative estimate of drug-likeness (QED) is 0.858. The fraction of sp³-hybridized carbons (Fsp3) is 0.417. The first-order valence-electron chi connectivity index (χ1n) is 8.11. The number of hydrogen-bond donors (Lipinski definition) is 1. The lowest BCUT2D eigenvalue weighted by atomic mass is 10.1. The van der Waals surface area contributed by atoms with E-state index in [1.807, 2.05) is 0 Å². The third-order valence-electron chi connectivity index (χ3n) is 1.81. The standard InChI is InChI=1S/C12H15NO3/c1-8-3-9(2)5-10(4-8)15-7-11-6-13-12(14)16-11/h3-5,11H,6-7H2,1-2H3,(H,13,14)/i3D,4D,5D,7D2,11D/hD. The first-order chi connectivity index (χ1) is 10.4. The Bertz CT molecular complexity index is 652. The van der Waals surface area contributed by atoms with Crippen molar-refractivity contribution in [3.8, 4) is 5.75 Å². The molecule has 0 aliphatic carbocycles. The molecule has 1 aromatic rings. The molecule has 2 rings (SSSR count). The number of rotatable bonds is 3. The minimum Gasteiger partial charge on any atom is -0.490 e. The van der Waals surface area contributed by atoms with E-state index in [0.717, 1.165) is 0 Å². The van der Waals surface area contributed by atoms with Gasteiger partial charge in [-0.25, -0.2) is 4.79 Å². The van der Waals surface area contributed by atoms with Gasteiger partial charge in [-0.2, -0.15) is 0 Å². The van der Waals surface area contributed by atoms with Crippen LogP contribution in [-0.2, 0) is 4.74 Å². The van der Waals surface area contributed by atoms with E-state index >= 15 is 0 Å². The number of ether oxygens (including phenoxy) is 2. The van der Waals surface area contributed by atoms with E-state index in [9.17, 15) is 4.79 Å². The predicted molar refractivity (Wildman–Crippen MR) is 59.7 cm³/mol. The van der Waals surface area contributed by atoms with Gasteiger partial charge in [0, 0.05) is 0 Å². The molecule has 1 N–H and O–H groups in total. The second kappa shape index (κ2) is 4.43. The number of carbonyl (C=O) groups is 1. The van der Waals surface area contributed by atoms with Gasteiger partial charge in [0.2, 0.25) is 0 Å². The molecule has 0 spiro atoms. The number of benzene rings is 1. The molecule has 86 valence electrons. The second-order valence-electron chi connectivity index (χ2n) is 3.27. The van der Waals surface area contributed by atoms with E-state index in [-0.39, 0.29) is 29.3 Å². The zero-order valence-electron chi connectivity index (χ0n) is 15.9. The van der Waals surface area contributed by atoms with Gasteiger partial charge in [0.15, 0.2) is 7.49 Å². The van der Waals surface area contributed by atoms with Crippen LogP contribution in [0.25, 0.3) is 0 Å². The normalized spacial score (nSPS) is 31.5. The molecule has 1 heterocycles. The van der Waals surface area contributed by atoms with Crippen LogP contribution in [0.15, 0.2) is 18.1 Å². The highest BCUT2D eigenvalue weighted by Crippen LogP contribution is 2.16. The Kier molecular flexibility index (Phi) is 1.41. The number of amides is 1. The summed E-state index contributed by atoms with van der Waals surface area (Å²) >= 11 is 0. The van der Waals surface area contributed by atoms with Gasteiger partial charge < -0.3 is 14.8 Å². The summed E-state index contributed by atoms with van der Waals surface area (Å²) < 4.78 is 64.2. The van der Waals surface area contributed by atoms with E-state index in [4.69, 9.17) is 14.4 Å². The molecule has 1 aliphatic rings. The van der Waals surface area contributed by atoms with E-state index in [2.05, 4.69) is 4.74 Å². The Labute approximate surface area is 104 Å². The van der Waals surface area contributed by atoms with Gasteiger partial charge in [-0.1, -0.05) is 6.04 Å². The van der Waals surface area contributed by atoms with Crippen LogP contribution >= 0.6 is 0 Å². The summed E-state index contributed by atoms with van der Waals surface area (Å²) in [5.41, 5.74) is 0.405. The number of hydrogen-bond acceptors (Lipinski definition) is 3. The van der Waals surface area contributed by atoms with Crippen molar-refractivity contribution in [2.45, 2.75) is 19.9 Å². The molecule has 4 heteroatoms. The highest BCUT2D eigenvalue weighted by molar-refractivity contribution is 5.69. The number of cyclic esters (lactones) is 1. The van der Waals surface area contributed by atoms with Crippen LogP contribution in [0.5, 0.6) is 5.75 Å². The van der Waals surface area contributed by atoms with Gasteiger partial charge in [0.25, 0.3) is 0 Å². The summed E-state index contributed by atoms with van der Waals surface area (Å²) in [7, 11) is 0. The second-order valence-corrected chi connectivity index (χ2v) is 3.27. The van der Waals surface area contributed by atoms with Gasteiger partial charge >= 0.3 is 6.09 Å². The number of carbonyl (C=O) groups excluding carboxylic acids is 1. The van der Waals surface area contributed by atoms with Crippen LogP contribution < -0.4 is 10.0 Å². The Hall–Kier alpha value is -1.71. The zero-order chi connectivity index (χ0) is 17.7. The zero-order valence-corrected chi connectivity index (χ0v) is 8.88. The molecule has 1 atom stereocenters. The highest BCUT2D eigenvalue weighted by Gasteiger charge is 2.22. The molecule has 0 saturated carbocycles. The summed E-state index contributed by atoms with van der Waals surface area (Å²) in [5, 5.41) is 0.292. The van der Waals surface area contributed by atoms with Crippen molar-refractivity contribution >= 4 is 6.09 Å². The molecule has 0 radical (unpaired) electrons. The lowest BCUT2D eigenvalue weighted by molar-refractivity contribution is 0.105.